The largest absolute Gasteiger partial charge is 0.481 e. The summed E-state index contributed by atoms with van der Waals surface area (Å²) in [6.45, 7) is 13.3. The normalized spacial score (nSPS) is 18.4. The van der Waals surface area contributed by atoms with Gasteiger partial charge in [0.05, 0.1) is 12.0 Å². The van der Waals surface area contributed by atoms with E-state index < -0.39 is 28.8 Å². The van der Waals surface area contributed by atoms with Crippen molar-refractivity contribution in [2.24, 2.45) is 5.92 Å². The fourth-order valence-electron chi connectivity index (χ4n) is 3.17. The van der Waals surface area contributed by atoms with E-state index >= 15 is 0 Å². The maximum absolute atomic E-state index is 12.2. The summed E-state index contributed by atoms with van der Waals surface area (Å²) in [4.78, 5) is 37.4. The van der Waals surface area contributed by atoms with Crippen LogP contribution in [0.15, 0.2) is 0 Å². The van der Waals surface area contributed by atoms with Gasteiger partial charge in [0, 0.05) is 13.1 Å². The lowest BCUT2D eigenvalue weighted by Gasteiger charge is -2.42. The van der Waals surface area contributed by atoms with E-state index in [0.717, 1.165) is 0 Å². The monoisotopic (exact) mass is 386 g/mol. The van der Waals surface area contributed by atoms with Crippen molar-refractivity contribution in [1.29, 1.82) is 0 Å². The van der Waals surface area contributed by atoms with E-state index in [4.69, 9.17) is 9.47 Å². The van der Waals surface area contributed by atoms with Crippen LogP contribution in [0.3, 0.4) is 0 Å². The summed E-state index contributed by atoms with van der Waals surface area (Å²) in [5.41, 5.74) is -2.20. The molecule has 0 saturated carbocycles. The van der Waals surface area contributed by atoms with Gasteiger partial charge in [-0.3, -0.25) is 4.79 Å². The lowest BCUT2D eigenvalue weighted by atomic mass is 9.77. The molecule has 2 amide bonds. The molecule has 0 aromatic rings. The number of likely N-dealkylation sites (tertiary alicyclic amines) is 1. The van der Waals surface area contributed by atoms with E-state index in [-0.39, 0.29) is 18.4 Å². The number of carboxylic acid groups (broad SMARTS) is 1. The SMILES string of the molecule is CC(C)(C)OC(=O)NC(C)(CC(=O)O)C1CCN(C(=O)OC(C)(C)C)CC1. The Bertz CT molecular complexity index is 556. The van der Waals surface area contributed by atoms with E-state index in [0.29, 0.717) is 25.9 Å². The van der Waals surface area contributed by atoms with Crippen LogP contribution in [0.5, 0.6) is 0 Å². The van der Waals surface area contributed by atoms with Crippen molar-refractivity contribution in [1.82, 2.24) is 10.2 Å². The van der Waals surface area contributed by atoms with Crippen molar-refractivity contribution >= 4 is 18.2 Å². The van der Waals surface area contributed by atoms with Gasteiger partial charge >= 0.3 is 18.2 Å². The second-order valence-electron chi connectivity index (χ2n) is 9.36. The molecule has 156 valence electrons. The molecule has 1 aliphatic heterocycles. The summed E-state index contributed by atoms with van der Waals surface area (Å²) in [6, 6.07) is 0. The molecular formula is C19H34N2O6. The third kappa shape index (κ3) is 8.05. The molecule has 0 aliphatic carbocycles. The molecule has 1 rings (SSSR count). The lowest BCUT2D eigenvalue weighted by Crippen LogP contribution is -2.56. The number of nitrogens with one attached hydrogen (secondary N) is 1. The molecule has 1 atom stereocenters. The average molecular weight is 386 g/mol. The number of hydrogen-bond donors (Lipinski definition) is 2. The van der Waals surface area contributed by atoms with Gasteiger partial charge in [-0.05, 0) is 67.2 Å². The quantitative estimate of drug-likeness (QED) is 0.767. The number of aliphatic carboxylic acids is 1. The zero-order valence-corrected chi connectivity index (χ0v) is 17.5. The van der Waals surface area contributed by atoms with E-state index in [1.165, 1.54) is 0 Å². The van der Waals surface area contributed by atoms with E-state index in [1.807, 2.05) is 20.8 Å². The molecule has 1 unspecified atom stereocenters. The van der Waals surface area contributed by atoms with Crippen LogP contribution in [0.1, 0.15) is 67.7 Å². The molecule has 27 heavy (non-hydrogen) atoms. The fraction of sp³-hybridized carbons (Fsp3) is 0.842. The van der Waals surface area contributed by atoms with Crippen LogP contribution < -0.4 is 5.32 Å². The molecule has 1 saturated heterocycles. The number of carbonyl (C=O) groups is 3. The molecule has 8 heteroatoms. The summed E-state index contributed by atoms with van der Waals surface area (Å²) in [5, 5.41) is 12.1. The van der Waals surface area contributed by atoms with Crippen LogP contribution in [0.25, 0.3) is 0 Å². The summed E-state index contributed by atoms with van der Waals surface area (Å²) in [7, 11) is 0. The van der Waals surface area contributed by atoms with Gasteiger partial charge < -0.3 is 24.8 Å². The van der Waals surface area contributed by atoms with E-state index in [2.05, 4.69) is 5.32 Å². The molecule has 0 spiro atoms. The fourth-order valence-corrected chi connectivity index (χ4v) is 3.17. The predicted molar refractivity (Wildman–Crippen MR) is 101 cm³/mol. The maximum Gasteiger partial charge on any atom is 0.410 e. The van der Waals surface area contributed by atoms with Gasteiger partial charge in [0.2, 0.25) is 0 Å². The molecular weight excluding hydrogens is 352 g/mol. The third-order valence-corrected chi connectivity index (χ3v) is 4.35. The molecule has 0 aromatic heterocycles. The first-order valence-electron chi connectivity index (χ1n) is 9.32. The Morgan fingerprint density at radius 3 is 1.85 bits per heavy atom. The van der Waals surface area contributed by atoms with Crippen molar-refractivity contribution in [3.05, 3.63) is 0 Å². The van der Waals surface area contributed by atoms with Crippen LogP contribution >= 0.6 is 0 Å². The van der Waals surface area contributed by atoms with Crippen LogP contribution in [-0.4, -0.2) is 58.0 Å². The standard InChI is InChI=1S/C19H34N2O6/c1-17(2,3)26-15(24)20-19(7,12-14(22)23)13-8-10-21(11-9-13)16(25)27-18(4,5)6/h13H,8-12H2,1-7H3,(H,20,24)(H,22,23). The van der Waals surface area contributed by atoms with Gasteiger partial charge in [-0.1, -0.05) is 0 Å². The Morgan fingerprint density at radius 2 is 1.44 bits per heavy atom. The van der Waals surface area contributed by atoms with Crippen LogP contribution in [-0.2, 0) is 14.3 Å². The molecule has 8 nitrogen and oxygen atoms in total. The first kappa shape index (κ1) is 23.0. The van der Waals surface area contributed by atoms with Crippen LogP contribution in [0, 0.1) is 5.92 Å². The van der Waals surface area contributed by atoms with Gasteiger partial charge in [-0.25, -0.2) is 9.59 Å². The smallest absolute Gasteiger partial charge is 0.410 e. The number of ether oxygens (including phenoxy) is 2. The number of amides is 2. The minimum absolute atomic E-state index is 0.0974. The Balaban J connectivity index is 2.78. The van der Waals surface area contributed by atoms with Crippen molar-refractivity contribution < 1.29 is 29.0 Å². The summed E-state index contributed by atoms with van der Waals surface area (Å²) < 4.78 is 10.7. The number of carboxylic acids is 1. The minimum Gasteiger partial charge on any atom is -0.481 e. The second-order valence-corrected chi connectivity index (χ2v) is 9.36. The maximum atomic E-state index is 12.2. The van der Waals surface area contributed by atoms with Crippen molar-refractivity contribution in [2.75, 3.05) is 13.1 Å². The minimum atomic E-state index is -0.997. The topological polar surface area (TPSA) is 105 Å². The summed E-state index contributed by atoms with van der Waals surface area (Å²) in [6.07, 6.45) is -0.0946. The first-order chi connectivity index (χ1) is 12.1. The van der Waals surface area contributed by atoms with Gasteiger partial charge in [0.1, 0.15) is 11.2 Å². The van der Waals surface area contributed by atoms with Crippen molar-refractivity contribution in [3.63, 3.8) is 0 Å². The van der Waals surface area contributed by atoms with Gasteiger partial charge in [-0.2, -0.15) is 0 Å². The highest BCUT2D eigenvalue weighted by Gasteiger charge is 2.41. The molecule has 2 N–H and O–H groups in total. The molecule has 0 aromatic carbocycles. The Hall–Kier alpha value is -1.99. The zero-order chi connectivity index (χ0) is 21.0. The Morgan fingerprint density at radius 1 is 0.963 bits per heavy atom. The Labute approximate surface area is 161 Å². The highest BCUT2D eigenvalue weighted by atomic mass is 16.6. The number of piperidine rings is 1. The van der Waals surface area contributed by atoms with Crippen molar-refractivity contribution in [3.8, 4) is 0 Å². The van der Waals surface area contributed by atoms with Gasteiger partial charge in [-0.15, -0.1) is 0 Å². The number of nitrogens with zero attached hydrogens (tertiary/aromatic N) is 1. The number of carbonyl (C=O) groups excluding carboxylic acids is 2. The second kappa shape index (κ2) is 8.35. The van der Waals surface area contributed by atoms with Crippen LogP contribution in [0.4, 0.5) is 9.59 Å². The number of alkyl carbamates (subject to hydrolysis) is 1. The zero-order valence-electron chi connectivity index (χ0n) is 17.5. The van der Waals surface area contributed by atoms with E-state index in [9.17, 15) is 19.5 Å². The molecule has 1 fully saturated rings. The lowest BCUT2D eigenvalue weighted by molar-refractivity contribution is -0.139. The number of rotatable bonds is 4. The predicted octanol–water partition coefficient (Wildman–Crippen LogP) is 3.39. The van der Waals surface area contributed by atoms with E-state index in [1.54, 1.807) is 32.6 Å². The Kier molecular flexibility index (Phi) is 7.13. The highest BCUT2D eigenvalue weighted by Crippen LogP contribution is 2.32. The summed E-state index contributed by atoms with van der Waals surface area (Å²) >= 11 is 0. The van der Waals surface area contributed by atoms with Gasteiger partial charge in [0.15, 0.2) is 0 Å². The molecule has 1 heterocycles. The summed E-state index contributed by atoms with van der Waals surface area (Å²) in [5.74, 6) is -1.09. The molecule has 1 aliphatic rings. The highest BCUT2D eigenvalue weighted by molar-refractivity contribution is 5.73. The van der Waals surface area contributed by atoms with Crippen LogP contribution in [0.2, 0.25) is 0 Å². The van der Waals surface area contributed by atoms with Crippen molar-refractivity contribution in [2.45, 2.75) is 84.5 Å². The average Bonchev–Trinajstić information content (AvgIpc) is 2.42. The first-order valence-corrected chi connectivity index (χ1v) is 9.32. The molecule has 0 radical (unpaired) electrons. The number of hydrogen-bond acceptors (Lipinski definition) is 5. The van der Waals surface area contributed by atoms with Gasteiger partial charge in [0.25, 0.3) is 0 Å². The third-order valence-electron chi connectivity index (χ3n) is 4.35. The molecule has 0 bridgehead atoms.